The van der Waals surface area contributed by atoms with Crippen molar-refractivity contribution in [1.29, 1.82) is 0 Å². The maximum absolute atomic E-state index is 11.7. The van der Waals surface area contributed by atoms with Crippen LogP contribution in [0.4, 0.5) is 5.69 Å². The number of rotatable bonds is 4. The van der Waals surface area contributed by atoms with Gasteiger partial charge in [0.05, 0.1) is 0 Å². The summed E-state index contributed by atoms with van der Waals surface area (Å²) < 4.78 is 5.64. The Hall–Kier alpha value is -2.49. The second kappa shape index (κ2) is 4.89. The number of fused-ring (bicyclic) bond motifs is 1. The summed E-state index contributed by atoms with van der Waals surface area (Å²) in [7, 11) is 0. The predicted molar refractivity (Wildman–Crippen MR) is 76.1 cm³/mol. The number of nitrogens with one attached hydrogen (secondary N) is 1. The highest BCUT2D eigenvalue weighted by Gasteiger charge is 2.44. The summed E-state index contributed by atoms with van der Waals surface area (Å²) in [5, 5.41) is 12.7. The number of carbonyl (C=O) groups is 1. The molecular weight excluding hydrogens is 254 g/mol. The Kier molecular flexibility index (Phi) is 3.06. The molecule has 4 nitrogen and oxygen atoms in total. The fourth-order valence-electron chi connectivity index (χ4n) is 2.42. The van der Waals surface area contributed by atoms with E-state index in [1.54, 1.807) is 0 Å². The van der Waals surface area contributed by atoms with E-state index in [2.05, 4.69) is 5.32 Å². The molecule has 0 aliphatic carbocycles. The zero-order chi connectivity index (χ0) is 14.0. The van der Waals surface area contributed by atoms with Crippen molar-refractivity contribution in [3.63, 3.8) is 0 Å². The van der Waals surface area contributed by atoms with Crippen molar-refractivity contribution in [3.8, 4) is 5.75 Å². The summed E-state index contributed by atoms with van der Waals surface area (Å²) in [4.78, 5) is 11.7. The number of carboxylic acids is 1. The van der Waals surface area contributed by atoms with Gasteiger partial charge < -0.3 is 15.2 Å². The van der Waals surface area contributed by atoms with Crippen molar-refractivity contribution in [2.45, 2.75) is 12.0 Å². The molecular formula is C16H15NO3. The molecule has 2 N–H and O–H groups in total. The SMILES string of the molecule is O=C(O)C1(COc2ccccc2)Cc2ccccc2N1. The first-order valence-corrected chi connectivity index (χ1v) is 6.47. The number of para-hydroxylation sites is 2. The van der Waals surface area contributed by atoms with Gasteiger partial charge in [0.1, 0.15) is 12.4 Å². The monoisotopic (exact) mass is 269 g/mol. The summed E-state index contributed by atoms with van der Waals surface area (Å²) >= 11 is 0. The van der Waals surface area contributed by atoms with E-state index in [4.69, 9.17) is 4.74 Å². The maximum Gasteiger partial charge on any atom is 0.333 e. The number of aliphatic carboxylic acids is 1. The minimum absolute atomic E-state index is 0.0844. The van der Waals surface area contributed by atoms with E-state index in [1.807, 2.05) is 54.6 Å². The average Bonchev–Trinajstić information content (AvgIpc) is 2.86. The van der Waals surface area contributed by atoms with Crippen molar-refractivity contribution in [2.24, 2.45) is 0 Å². The number of hydrogen-bond donors (Lipinski definition) is 2. The molecule has 1 heterocycles. The van der Waals surface area contributed by atoms with Gasteiger partial charge in [0.25, 0.3) is 0 Å². The third-order valence-corrected chi connectivity index (χ3v) is 3.52. The van der Waals surface area contributed by atoms with Crippen molar-refractivity contribution in [3.05, 3.63) is 60.2 Å². The molecule has 20 heavy (non-hydrogen) atoms. The van der Waals surface area contributed by atoms with Crippen LogP contribution in [0, 0.1) is 0 Å². The lowest BCUT2D eigenvalue weighted by molar-refractivity contribution is -0.143. The minimum Gasteiger partial charge on any atom is -0.490 e. The van der Waals surface area contributed by atoms with Crippen LogP contribution in [0.15, 0.2) is 54.6 Å². The zero-order valence-corrected chi connectivity index (χ0v) is 10.9. The van der Waals surface area contributed by atoms with Crippen LogP contribution in [-0.4, -0.2) is 23.2 Å². The molecule has 0 radical (unpaired) electrons. The second-order valence-electron chi connectivity index (χ2n) is 4.95. The molecule has 1 atom stereocenters. The van der Waals surface area contributed by atoms with Crippen LogP contribution < -0.4 is 10.1 Å². The Balaban J connectivity index is 1.80. The van der Waals surface area contributed by atoms with Gasteiger partial charge in [-0.15, -0.1) is 0 Å². The Morgan fingerprint density at radius 3 is 2.55 bits per heavy atom. The third kappa shape index (κ3) is 2.20. The fraction of sp³-hybridized carbons (Fsp3) is 0.188. The van der Waals surface area contributed by atoms with Gasteiger partial charge in [0.2, 0.25) is 0 Å². The van der Waals surface area contributed by atoms with E-state index < -0.39 is 11.5 Å². The lowest BCUT2D eigenvalue weighted by Crippen LogP contribution is -2.50. The topological polar surface area (TPSA) is 58.6 Å². The molecule has 0 saturated carbocycles. The van der Waals surface area contributed by atoms with Gasteiger partial charge in [0, 0.05) is 12.1 Å². The molecule has 1 aliphatic rings. The normalized spacial score (nSPS) is 20.0. The fourth-order valence-corrected chi connectivity index (χ4v) is 2.42. The van der Waals surface area contributed by atoms with Gasteiger partial charge in [-0.2, -0.15) is 0 Å². The van der Waals surface area contributed by atoms with Crippen LogP contribution in [-0.2, 0) is 11.2 Å². The summed E-state index contributed by atoms with van der Waals surface area (Å²) in [5.41, 5.74) is 0.776. The molecule has 0 aromatic heterocycles. The predicted octanol–water partition coefficient (Wildman–Crippen LogP) is 2.56. The summed E-state index contributed by atoms with van der Waals surface area (Å²) in [5.74, 6) is -0.226. The molecule has 4 heteroatoms. The number of hydrogen-bond acceptors (Lipinski definition) is 3. The van der Waals surface area contributed by atoms with Crippen LogP contribution in [0.3, 0.4) is 0 Å². The standard InChI is InChI=1S/C16H15NO3/c18-15(19)16(11-20-13-7-2-1-3-8-13)10-12-6-4-5-9-14(12)17-16/h1-9,17H,10-11H2,(H,18,19). The number of benzene rings is 2. The number of ether oxygens (including phenoxy) is 1. The van der Waals surface area contributed by atoms with Crippen LogP contribution in [0.2, 0.25) is 0 Å². The summed E-state index contributed by atoms with van der Waals surface area (Å²) in [6.07, 6.45) is 0.422. The minimum atomic E-state index is -1.10. The lowest BCUT2D eigenvalue weighted by Gasteiger charge is -2.25. The molecule has 0 fully saturated rings. The van der Waals surface area contributed by atoms with E-state index in [1.165, 1.54) is 0 Å². The molecule has 0 amide bonds. The molecule has 0 bridgehead atoms. The Bertz CT molecular complexity index is 600. The number of anilines is 1. The van der Waals surface area contributed by atoms with E-state index in [9.17, 15) is 9.90 Å². The van der Waals surface area contributed by atoms with E-state index in [0.717, 1.165) is 11.3 Å². The van der Waals surface area contributed by atoms with Gasteiger partial charge in [-0.25, -0.2) is 4.79 Å². The average molecular weight is 269 g/mol. The van der Waals surface area contributed by atoms with E-state index in [-0.39, 0.29) is 6.61 Å². The van der Waals surface area contributed by atoms with Gasteiger partial charge >= 0.3 is 5.97 Å². The zero-order valence-electron chi connectivity index (χ0n) is 10.9. The Labute approximate surface area is 117 Å². The molecule has 2 aromatic carbocycles. The quantitative estimate of drug-likeness (QED) is 0.895. The van der Waals surface area contributed by atoms with Crippen LogP contribution in [0.1, 0.15) is 5.56 Å². The number of carboxylic acid groups (broad SMARTS) is 1. The largest absolute Gasteiger partial charge is 0.490 e. The smallest absolute Gasteiger partial charge is 0.333 e. The van der Waals surface area contributed by atoms with Crippen molar-refractivity contribution >= 4 is 11.7 Å². The molecule has 3 rings (SSSR count). The Morgan fingerprint density at radius 1 is 1.15 bits per heavy atom. The lowest BCUT2D eigenvalue weighted by atomic mass is 9.96. The molecule has 0 saturated heterocycles. The first-order valence-electron chi connectivity index (χ1n) is 6.47. The molecule has 2 aromatic rings. The summed E-state index contributed by atoms with van der Waals surface area (Å²) in [6, 6.07) is 16.9. The first kappa shape index (κ1) is 12.5. The van der Waals surface area contributed by atoms with Crippen LogP contribution in [0.5, 0.6) is 5.75 Å². The van der Waals surface area contributed by atoms with Gasteiger partial charge in [-0.05, 0) is 23.8 Å². The molecule has 1 unspecified atom stereocenters. The molecule has 1 aliphatic heterocycles. The second-order valence-corrected chi connectivity index (χ2v) is 4.95. The summed E-state index contributed by atoms with van der Waals surface area (Å²) in [6.45, 7) is 0.0844. The van der Waals surface area contributed by atoms with Crippen LogP contribution in [0.25, 0.3) is 0 Å². The van der Waals surface area contributed by atoms with Crippen molar-refractivity contribution < 1.29 is 14.6 Å². The highest BCUT2D eigenvalue weighted by molar-refractivity contribution is 5.86. The van der Waals surface area contributed by atoms with Gasteiger partial charge in [-0.1, -0.05) is 36.4 Å². The molecule has 0 spiro atoms. The van der Waals surface area contributed by atoms with Crippen molar-refractivity contribution in [1.82, 2.24) is 0 Å². The van der Waals surface area contributed by atoms with Gasteiger partial charge in [0.15, 0.2) is 5.54 Å². The highest BCUT2D eigenvalue weighted by atomic mass is 16.5. The first-order chi connectivity index (χ1) is 9.70. The van der Waals surface area contributed by atoms with Gasteiger partial charge in [-0.3, -0.25) is 0 Å². The van der Waals surface area contributed by atoms with E-state index >= 15 is 0 Å². The third-order valence-electron chi connectivity index (χ3n) is 3.52. The highest BCUT2D eigenvalue weighted by Crippen LogP contribution is 2.33. The van der Waals surface area contributed by atoms with E-state index in [0.29, 0.717) is 12.2 Å². The Morgan fingerprint density at radius 2 is 1.85 bits per heavy atom. The van der Waals surface area contributed by atoms with Crippen LogP contribution >= 0.6 is 0 Å². The molecule has 102 valence electrons. The van der Waals surface area contributed by atoms with Crippen molar-refractivity contribution in [2.75, 3.05) is 11.9 Å². The maximum atomic E-state index is 11.7.